The summed E-state index contributed by atoms with van der Waals surface area (Å²) in [7, 11) is 0. The number of nitrogens with two attached hydrogens (primary N) is 1. The minimum Gasteiger partial charge on any atom is -0.293 e. The van der Waals surface area contributed by atoms with E-state index in [1.807, 2.05) is 27.7 Å². The van der Waals surface area contributed by atoms with Crippen LogP contribution in [0.3, 0.4) is 0 Å². The van der Waals surface area contributed by atoms with E-state index in [9.17, 15) is 14.9 Å². The Morgan fingerprint density at radius 1 is 1.04 bits per heavy atom. The topological polar surface area (TPSA) is 83.9 Å². The van der Waals surface area contributed by atoms with Crippen LogP contribution in [0.5, 0.6) is 0 Å². The molecule has 0 radical (unpaired) electrons. The Hall–Kier alpha value is -1.77. The number of hydrogen-bond acceptors (Lipinski definition) is 4. The van der Waals surface area contributed by atoms with Gasteiger partial charge in [0.2, 0.25) is 0 Å². The molecule has 0 aliphatic carbocycles. The zero-order valence-electron chi connectivity index (χ0n) is 15.1. The van der Waals surface area contributed by atoms with E-state index >= 15 is 0 Å². The van der Waals surface area contributed by atoms with Crippen molar-refractivity contribution < 1.29 is 14.2 Å². The van der Waals surface area contributed by atoms with Gasteiger partial charge in [-0.15, -0.1) is 0 Å². The number of rotatable bonds is 3. The second-order valence-electron chi connectivity index (χ2n) is 8.09. The molecule has 2 N–H and O–H groups in total. The van der Waals surface area contributed by atoms with Crippen LogP contribution in [0.15, 0.2) is 24.3 Å². The minimum absolute atomic E-state index is 0.196. The number of amides is 1. The average Bonchev–Trinajstić information content (AvgIpc) is 2.41. The molecule has 0 aromatic carbocycles. The lowest BCUT2D eigenvalue weighted by Gasteiger charge is -2.59. The van der Waals surface area contributed by atoms with Crippen molar-refractivity contribution in [2.24, 2.45) is 11.3 Å². The molecule has 1 fully saturated rings. The zero-order valence-corrected chi connectivity index (χ0v) is 15.1. The van der Waals surface area contributed by atoms with Crippen LogP contribution in [0, 0.1) is 16.7 Å². The van der Waals surface area contributed by atoms with Gasteiger partial charge in [0, 0.05) is 18.4 Å². The van der Waals surface area contributed by atoms with Crippen LogP contribution in [0.1, 0.15) is 54.4 Å². The van der Waals surface area contributed by atoms with Gasteiger partial charge in [-0.1, -0.05) is 13.2 Å². The van der Waals surface area contributed by atoms with Crippen molar-refractivity contribution in [1.82, 2.24) is 0 Å². The number of piperidine rings is 1. The summed E-state index contributed by atoms with van der Waals surface area (Å²) in [6.07, 6.45) is 0.391. The molecule has 0 spiro atoms. The fourth-order valence-electron chi connectivity index (χ4n) is 4.16. The highest BCUT2D eigenvalue weighted by atomic mass is 16.2. The minimum atomic E-state index is -1.21. The Morgan fingerprint density at radius 2 is 1.43 bits per heavy atom. The number of nitriles is 1. The number of quaternary nitrogens is 1. The molecule has 23 heavy (non-hydrogen) atoms. The molecule has 0 aromatic heterocycles. The number of Topliss-reactive ketones (excluding diaryl/α,β-unsaturated/α-hetero) is 1. The lowest BCUT2D eigenvalue weighted by Crippen LogP contribution is -2.82. The zero-order chi connectivity index (χ0) is 18.4. The van der Waals surface area contributed by atoms with Gasteiger partial charge in [-0.3, -0.25) is 4.79 Å². The molecule has 1 aliphatic heterocycles. The second-order valence-corrected chi connectivity index (χ2v) is 8.09. The third-order valence-corrected chi connectivity index (χ3v) is 5.10. The molecule has 0 unspecified atom stereocenters. The first-order chi connectivity index (χ1) is 10.2. The summed E-state index contributed by atoms with van der Waals surface area (Å²) in [6, 6.07) is 2.21. The van der Waals surface area contributed by atoms with Crippen LogP contribution in [0.4, 0.5) is 0 Å². The third-order valence-electron chi connectivity index (χ3n) is 5.10. The SMILES string of the molecule is C=C(C)C(=O)C1(C#N)CC(C)(C)[N+](N)(C(=O)C(=C)C)C(C)(C)C1. The molecule has 126 valence electrons. The van der Waals surface area contributed by atoms with Crippen molar-refractivity contribution in [3.8, 4) is 6.07 Å². The van der Waals surface area contributed by atoms with Crippen molar-refractivity contribution in [1.29, 1.82) is 5.26 Å². The van der Waals surface area contributed by atoms with E-state index in [0.717, 1.165) is 0 Å². The number of nitrogens with zero attached hydrogens (tertiary/aromatic N) is 2. The standard InChI is InChI=1S/C18H28N3O2/c1-12(2)14(22)18(11-19)9-16(5,6)21(20,15(23)13(3)4)17(7,8)10-18/h1,3,9-10,20H2,2,4-8H3/q+1. The van der Waals surface area contributed by atoms with Gasteiger partial charge in [-0.2, -0.15) is 15.7 Å². The van der Waals surface area contributed by atoms with Crippen molar-refractivity contribution in [2.75, 3.05) is 0 Å². The highest BCUT2D eigenvalue weighted by Gasteiger charge is 2.68. The van der Waals surface area contributed by atoms with Crippen LogP contribution >= 0.6 is 0 Å². The molecule has 1 saturated heterocycles. The Kier molecular flexibility index (Phi) is 4.52. The molecule has 0 atom stereocenters. The normalized spacial score (nSPS) is 31.7. The molecule has 5 heteroatoms. The van der Waals surface area contributed by atoms with E-state index in [2.05, 4.69) is 19.2 Å². The predicted molar refractivity (Wildman–Crippen MR) is 89.5 cm³/mol. The monoisotopic (exact) mass is 318 g/mol. The quantitative estimate of drug-likeness (QED) is 0.375. The average molecular weight is 318 g/mol. The second kappa shape index (κ2) is 5.40. The first-order valence-electron chi connectivity index (χ1n) is 7.68. The predicted octanol–water partition coefficient (Wildman–Crippen LogP) is 2.79. The number of ketones is 1. The maximum atomic E-state index is 12.8. The molecular formula is C18H28N3O2+. The summed E-state index contributed by atoms with van der Waals surface area (Å²) in [5.41, 5.74) is -2.11. The van der Waals surface area contributed by atoms with Crippen LogP contribution in [-0.4, -0.2) is 27.4 Å². The molecule has 1 amide bonds. The van der Waals surface area contributed by atoms with E-state index < -0.39 is 16.5 Å². The van der Waals surface area contributed by atoms with Gasteiger partial charge in [-0.25, -0.2) is 4.79 Å². The van der Waals surface area contributed by atoms with Crippen molar-refractivity contribution in [3.63, 3.8) is 0 Å². The maximum Gasteiger partial charge on any atom is 0.360 e. The Labute approximate surface area is 139 Å². The lowest BCUT2D eigenvalue weighted by atomic mass is 9.61. The molecule has 0 bridgehead atoms. The molecular weight excluding hydrogens is 290 g/mol. The Morgan fingerprint density at radius 3 is 1.70 bits per heavy atom. The van der Waals surface area contributed by atoms with Gasteiger partial charge in [0.05, 0.1) is 6.07 Å². The molecule has 5 nitrogen and oxygen atoms in total. The van der Waals surface area contributed by atoms with Gasteiger partial charge in [0.1, 0.15) is 16.5 Å². The van der Waals surface area contributed by atoms with Crippen LogP contribution in [0.25, 0.3) is 0 Å². The van der Waals surface area contributed by atoms with Gasteiger partial charge >= 0.3 is 5.91 Å². The Balaban J connectivity index is 3.60. The summed E-state index contributed by atoms with van der Waals surface area (Å²) in [6.45, 7) is 18.0. The van der Waals surface area contributed by atoms with Crippen LogP contribution in [-0.2, 0) is 9.59 Å². The summed E-state index contributed by atoms with van der Waals surface area (Å²) in [4.78, 5) is 25.5. The van der Waals surface area contributed by atoms with Gasteiger partial charge < -0.3 is 0 Å². The van der Waals surface area contributed by atoms with Gasteiger partial charge in [0.15, 0.2) is 5.78 Å². The van der Waals surface area contributed by atoms with Crippen LogP contribution in [0.2, 0.25) is 0 Å². The highest BCUT2D eigenvalue weighted by molar-refractivity contribution is 6.01. The largest absolute Gasteiger partial charge is 0.360 e. The van der Waals surface area contributed by atoms with Crippen molar-refractivity contribution in [2.45, 2.75) is 65.5 Å². The number of carbonyl (C=O) groups excluding carboxylic acids is 2. The third kappa shape index (κ3) is 2.56. The van der Waals surface area contributed by atoms with Gasteiger partial charge in [0.25, 0.3) is 0 Å². The molecule has 0 aromatic rings. The molecule has 0 saturated carbocycles. The van der Waals surface area contributed by atoms with E-state index in [0.29, 0.717) is 11.1 Å². The summed E-state index contributed by atoms with van der Waals surface area (Å²) >= 11 is 0. The molecule has 1 aliphatic rings. The van der Waals surface area contributed by atoms with Gasteiger partial charge in [-0.05, 0) is 47.1 Å². The van der Waals surface area contributed by atoms with E-state index in [-0.39, 0.29) is 29.1 Å². The number of likely N-dealkylation sites (tertiary alicyclic amines) is 1. The van der Waals surface area contributed by atoms with E-state index in [4.69, 9.17) is 5.84 Å². The van der Waals surface area contributed by atoms with E-state index in [1.54, 1.807) is 13.8 Å². The first kappa shape index (κ1) is 19.3. The summed E-state index contributed by atoms with van der Waals surface area (Å²) in [5, 5.41) is 9.78. The van der Waals surface area contributed by atoms with Crippen molar-refractivity contribution in [3.05, 3.63) is 24.3 Å². The fraction of sp³-hybridized carbons (Fsp3) is 0.611. The summed E-state index contributed by atoms with van der Waals surface area (Å²) in [5.74, 6) is 6.06. The first-order valence-corrected chi connectivity index (χ1v) is 7.68. The smallest absolute Gasteiger partial charge is 0.293 e. The molecule has 1 rings (SSSR count). The van der Waals surface area contributed by atoms with E-state index in [1.165, 1.54) is 0 Å². The highest BCUT2D eigenvalue weighted by Crippen LogP contribution is 2.52. The van der Waals surface area contributed by atoms with Crippen molar-refractivity contribution >= 4 is 11.7 Å². The summed E-state index contributed by atoms with van der Waals surface area (Å²) < 4.78 is -0.373. The number of hydrogen-bond donors (Lipinski definition) is 1. The number of allylic oxidation sites excluding steroid dienone is 1. The lowest BCUT2D eigenvalue weighted by molar-refractivity contribution is -0.964. The number of carbonyl (C=O) groups is 2. The van der Waals surface area contributed by atoms with Crippen LogP contribution < -0.4 is 5.84 Å². The molecule has 1 heterocycles. The maximum absolute atomic E-state index is 12.8. The fourth-order valence-corrected chi connectivity index (χ4v) is 4.16. The Bertz CT molecular complexity index is 617.